The van der Waals surface area contributed by atoms with Crippen molar-refractivity contribution >= 4 is 29.4 Å². The Morgan fingerprint density at radius 2 is 2.20 bits per heavy atom. The third kappa shape index (κ3) is 3.45. The molecule has 1 N–H and O–H groups in total. The number of amides is 2. The second-order valence-corrected chi connectivity index (χ2v) is 5.95. The van der Waals surface area contributed by atoms with Gasteiger partial charge in [0.1, 0.15) is 6.54 Å². The van der Waals surface area contributed by atoms with Gasteiger partial charge in [-0.05, 0) is 19.1 Å². The summed E-state index contributed by atoms with van der Waals surface area (Å²) in [7, 11) is 0. The van der Waals surface area contributed by atoms with Crippen LogP contribution in [0.3, 0.4) is 0 Å². The summed E-state index contributed by atoms with van der Waals surface area (Å²) in [5, 5.41) is 2.92. The van der Waals surface area contributed by atoms with Gasteiger partial charge in [-0.2, -0.15) is 0 Å². The minimum atomic E-state index is -0.423. The second-order valence-electron chi connectivity index (χ2n) is 4.47. The number of hydrogen-bond donors (Lipinski definition) is 1. The van der Waals surface area contributed by atoms with Crippen LogP contribution in [0.4, 0.5) is 10.5 Å². The highest BCUT2D eigenvalue weighted by molar-refractivity contribution is 8.00. The molecule has 0 aromatic heterocycles. The predicted molar refractivity (Wildman–Crippen MR) is 79.1 cm³/mol. The zero-order chi connectivity index (χ0) is 14.5. The number of ether oxygens (including phenoxy) is 1. The van der Waals surface area contributed by atoms with Crippen LogP contribution in [0.25, 0.3) is 0 Å². The Kier molecular flexibility index (Phi) is 4.89. The number of para-hydroxylation sites is 1. The minimum Gasteiger partial charge on any atom is -0.465 e. The molecule has 1 aromatic rings. The topological polar surface area (TPSA) is 58.6 Å². The van der Waals surface area contributed by atoms with Crippen molar-refractivity contribution in [1.29, 1.82) is 0 Å². The molecule has 1 aromatic carbocycles. The molecule has 1 unspecified atom stereocenters. The Hall–Kier alpha value is -1.69. The molecule has 1 heterocycles. The summed E-state index contributed by atoms with van der Waals surface area (Å²) in [5.41, 5.74) is 0.886. The number of carbonyl (C=O) groups is 2. The van der Waals surface area contributed by atoms with Crippen LogP contribution in [-0.4, -0.2) is 36.9 Å². The van der Waals surface area contributed by atoms with Gasteiger partial charge >= 0.3 is 12.0 Å². The molecule has 108 valence electrons. The summed E-state index contributed by atoms with van der Waals surface area (Å²) in [6, 6.07) is 7.51. The van der Waals surface area contributed by atoms with Gasteiger partial charge in [-0.25, -0.2) is 4.79 Å². The van der Waals surface area contributed by atoms with Crippen LogP contribution in [0.5, 0.6) is 0 Å². The molecule has 0 radical (unpaired) electrons. The van der Waals surface area contributed by atoms with Gasteiger partial charge < -0.3 is 10.1 Å². The molecule has 2 amide bonds. The van der Waals surface area contributed by atoms with Crippen molar-refractivity contribution in [2.24, 2.45) is 0 Å². The van der Waals surface area contributed by atoms with Gasteiger partial charge in [0.15, 0.2) is 0 Å². The van der Waals surface area contributed by atoms with Crippen LogP contribution in [-0.2, 0) is 9.53 Å². The number of carbonyl (C=O) groups excluding carboxylic acids is 2. The largest absolute Gasteiger partial charge is 0.465 e. The number of benzene rings is 1. The van der Waals surface area contributed by atoms with Gasteiger partial charge in [0.05, 0.1) is 12.3 Å². The van der Waals surface area contributed by atoms with E-state index < -0.39 is 5.97 Å². The van der Waals surface area contributed by atoms with E-state index in [0.717, 1.165) is 10.6 Å². The zero-order valence-electron chi connectivity index (χ0n) is 11.6. The van der Waals surface area contributed by atoms with Crippen LogP contribution >= 0.6 is 11.8 Å². The molecule has 0 aliphatic carbocycles. The summed E-state index contributed by atoms with van der Waals surface area (Å²) in [6.07, 6.45) is 0. The lowest BCUT2D eigenvalue weighted by Gasteiger charge is -2.32. The molecule has 6 heteroatoms. The van der Waals surface area contributed by atoms with Crippen molar-refractivity contribution < 1.29 is 14.3 Å². The van der Waals surface area contributed by atoms with Crippen molar-refractivity contribution in [3.63, 3.8) is 0 Å². The number of rotatable bonds is 3. The SMILES string of the molecule is CCOC(=O)CNC(=O)N1CC(C)Sc2ccccc21. The van der Waals surface area contributed by atoms with Crippen molar-refractivity contribution in [3.05, 3.63) is 24.3 Å². The first-order valence-electron chi connectivity index (χ1n) is 6.58. The summed E-state index contributed by atoms with van der Waals surface area (Å²) in [5.74, 6) is -0.423. The monoisotopic (exact) mass is 294 g/mol. The first-order valence-corrected chi connectivity index (χ1v) is 7.46. The lowest BCUT2D eigenvalue weighted by molar-refractivity contribution is -0.141. The first-order chi connectivity index (χ1) is 9.61. The first kappa shape index (κ1) is 14.7. The summed E-state index contributed by atoms with van der Waals surface area (Å²) < 4.78 is 4.79. The van der Waals surface area contributed by atoms with Crippen LogP contribution in [0, 0.1) is 0 Å². The fourth-order valence-corrected chi connectivity index (χ4v) is 3.15. The molecule has 0 fully saturated rings. The fourth-order valence-electron chi connectivity index (χ4n) is 2.04. The molecule has 1 aliphatic rings. The average Bonchev–Trinajstić information content (AvgIpc) is 2.44. The third-order valence-corrected chi connectivity index (χ3v) is 4.01. The Morgan fingerprint density at radius 3 is 2.95 bits per heavy atom. The van der Waals surface area contributed by atoms with E-state index in [1.165, 1.54) is 0 Å². The van der Waals surface area contributed by atoms with Crippen molar-refractivity contribution in [2.45, 2.75) is 24.0 Å². The van der Waals surface area contributed by atoms with Gasteiger partial charge in [-0.1, -0.05) is 19.1 Å². The molecule has 2 rings (SSSR count). The number of nitrogens with one attached hydrogen (secondary N) is 1. The number of esters is 1. The van der Waals surface area contributed by atoms with E-state index in [4.69, 9.17) is 4.74 Å². The van der Waals surface area contributed by atoms with Crippen LogP contribution < -0.4 is 10.2 Å². The molecule has 1 atom stereocenters. The summed E-state index contributed by atoms with van der Waals surface area (Å²) in [6.45, 7) is 4.64. The molecule has 5 nitrogen and oxygen atoms in total. The van der Waals surface area contributed by atoms with Gasteiger partial charge in [0.2, 0.25) is 0 Å². The van der Waals surface area contributed by atoms with E-state index in [1.807, 2.05) is 24.3 Å². The van der Waals surface area contributed by atoms with Gasteiger partial charge in [0.25, 0.3) is 0 Å². The second kappa shape index (κ2) is 6.65. The Morgan fingerprint density at radius 1 is 1.45 bits per heavy atom. The minimum absolute atomic E-state index is 0.104. The molecular formula is C14H18N2O3S. The number of hydrogen-bond acceptors (Lipinski definition) is 4. The van der Waals surface area contributed by atoms with Crippen LogP contribution in [0.1, 0.15) is 13.8 Å². The zero-order valence-corrected chi connectivity index (χ0v) is 12.4. The maximum Gasteiger partial charge on any atom is 0.325 e. The molecule has 0 spiro atoms. The average molecular weight is 294 g/mol. The normalized spacial score (nSPS) is 17.3. The number of fused-ring (bicyclic) bond motifs is 1. The molecule has 0 saturated heterocycles. The molecule has 0 saturated carbocycles. The maximum atomic E-state index is 12.2. The van der Waals surface area contributed by atoms with Gasteiger partial charge in [-0.3, -0.25) is 9.69 Å². The quantitative estimate of drug-likeness (QED) is 0.869. The Balaban J connectivity index is 2.05. The van der Waals surface area contributed by atoms with Crippen molar-refractivity contribution in [2.75, 3.05) is 24.6 Å². The standard InChI is InChI=1S/C14H18N2O3S/c1-3-19-13(17)8-15-14(18)16-9-10(2)20-12-7-5-4-6-11(12)16/h4-7,10H,3,8-9H2,1-2H3,(H,15,18). The van der Waals surface area contributed by atoms with Crippen LogP contribution in [0.2, 0.25) is 0 Å². The highest BCUT2D eigenvalue weighted by Gasteiger charge is 2.26. The molecular weight excluding hydrogens is 276 g/mol. The number of thioether (sulfide) groups is 1. The van der Waals surface area contributed by atoms with Gasteiger partial charge in [-0.15, -0.1) is 11.8 Å². The maximum absolute atomic E-state index is 12.2. The molecule has 1 aliphatic heterocycles. The van der Waals surface area contributed by atoms with Crippen molar-refractivity contribution in [3.8, 4) is 0 Å². The van der Waals surface area contributed by atoms with E-state index >= 15 is 0 Å². The summed E-state index contributed by atoms with van der Waals surface area (Å²) >= 11 is 1.75. The molecule has 20 heavy (non-hydrogen) atoms. The predicted octanol–water partition coefficient (Wildman–Crippen LogP) is 2.26. The fraction of sp³-hybridized carbons (Fsp3) is 0.429. The van der Waals surface area contributed by atoms with Crippen molar-refractivity contribution in [1.82, 2.24) is 5.32 Å². The van der Waals surface area contributed by atoms with E-state index in [0.29, 0.717) is 18.4 Å². The number of nitrogens with zero attached hydrogens (tertiary/aromatic N) is 1. The Labute approximate surface area is 122 Å². The van der Waals surface area contributed by atoms with E-state index in [2.05, 4.69) is 12.2 Å². The lowest BCUT2D eigenvalue weighted by Crippen LogP contribution is -2.46. The highest BCUT2D eigenvalue weighted by atomic mass is 32.2. The van der Waals surface area contributed by atoms with E-state index in [9.17, 15) is 9.59 Å². The van der Waals surface area contributed by atoms with E-state index in [1.54, 1.807) is 23.6 Å². The van der Waals surface area contributed by atoms with E-state index in [-0.39, 0.29) is 12.6 Å². The molecule has 0 bridgehead atoms. The third-order valence-electron chi connectivity index (χ3n) is 2.86. The summed E-state index contributed by atoms with van der Waals surface area (Å²) in [4.78, 5) is 26.3. The number of urea groups is 1. The number of anilines is 1. The smallest absolute Gasteiger partial charge is 0.325 e. The van der Waals surface area contributed by atoms with Crippen LogP contribution in [0.15, 0.2) is 29.2 Å². The lowest BCUT2D eigenvalue weighted by atomic mass is 10.2. The van der Waals surface area contributed by atoms with Gasteiger partial charge in [0, 0.05) is 16.7 Å². The Bertz CT molecular complexity index is 507. The highest BCUT2D eigenvalue weighted by Crippen LogP contribution is 2.37.